The molecule has 15 heavy (non-hydrogen) atoms. The molecule has 3 nitrogen and oxygen atoms in total. The molecule has 2 N–H and O–H groups in total. The Hall–Kier alpha value is -1.00. The maximum Gasteiger partial charge on any atom is 0.341 e. The fraction of sp³-hybridized carbons (Fsp3) is 0.222. The third-order valence-electron chi connectivity index (χ3n) is 1.69. The lowest BCUT2D eigenvalue weighted by atomic mass is 10.2. The van der Waals surface area contributed by atoms with Gasteiger partial charge in [0.15, 0.2) is 0 Å². The topological polar surface area (TPSA) is 52.3 Å². The lowest BCUT2D eigenvalue weighted by Gasteiger charge is -2.08. The van der Waals surface area contributed by atoms with Gasteiger partial charge in [-0.3, -0.25) is 0 Å². The average molecular weight is 252 g/mol. The summed E-state index contributed by atoms with van der Waals surface area (Å²) in [7, 11) is 0. The van der Waals surface area contributed by atoms with E-state index in [1.807, 2.05) is 0 Å². The van der Waals surface area contributed by atoms with Crippen molar-refractivity contribution < 1.29 is 13.9 Å². The molecule has 0 saturated carbocycles. The van der Waals surface area contributed by atoms with Crippen LogP contribution in [0.25, 0.3) is 0 Å². The van der Waals surface area contributed by atoms with E-state index in [2.05, 4.69) is 0 Å². The van der Waals surface area contributed by atoms with Gasteiger partial charge in [-0.25, -0.2) is 9.18 Å². The maximum absolute atomic E-state index is 13.0. The molecule has 0 radical (unpaired) electrons. The van der Waals surface area contributed by atoms with Gasteiger partial charge in [0.25, 0.3) is 0 Å². The number of hydrogen-bond donors (Lipinski definition) is 1. The zero-order valence-electron chi connectivity index (χ0n) is 7.81. The van der Waals surface area contributed by atoms with Crippen molar-refractivity contribution in [2.45, 2.75) is 6.92 Å². The summed E-state index contributed by atoms with van der Waals surface area (Å²) in [4.78, 5) is 11.4. The SMILES string of the molecule is CCOC(=O)c1c(Cl)cc(F)c(N)c1Cl. The summed E-state index contributed by atoms with van der Waals surface area (Å²) in [6.45, 7) is 1.80. The number of benzene rings is 1. The van der Waals surface area contributed by atoms with Crippen molar-refractivity contribution in [2.24, 2.45) is 0 Å². The van der Waals surface area contributed by atoms with E-state index in [9.17, 15) is 9.18 Å². The summed E-state index contributed by atoms with van der Waals surface area (Å²) in [5.41, 5.74) is 4.88. The van der Waals surface area contributed by atoms with Gasteiger partial charge in [-0.05, 0) is 13.0 Å². The Morgan fingerprint density at radius 3 is 2.73 bits per heavy atom. The maximum atomic E-state index is 13.0. The van der Waals surface area contributed by atoms with Gasteiger partial charge in [-0.2, -0.15) is 0 Å². The van der Waals surface area contributed by atoms with Crippen LogP contribution in [0.2, 0.25) is 10.0 Å². The number of nitrogen functional groups attached to an aromatic ring is 1. The number of esters is 1. The fourth-order valence-corrected chi connectivity index (χ4v) is 1.58. The first-order valence-corrected chi connectivity index (χ1v) is 4.84. The molecule has 0 aliphatic heterocycles. The van der Waals surface area contributed by atoms with E-state index < -0.39 is 11.8 Å². The van der Waals surface area contributed by atoms with Crippen LogP contribution in [0.4, 0.5) is 10.1 Å². The van der Waals surface area contributed by atoms with Crippen LogP contribution in [-0.2, 0) is 4.74 Å². The molecule has 1 rings (SSSR count). The molecule has 0 heterocycles. The minimum Gasteiger partial charge on any atom is -0.462 e. The van der Waals surface area contributed by atoms with Crippen LogP contribution in [0.5, 0.6) is 0 Å². The number of rotatable bonds is 2. The Morgan fingerprint density at radius 2 is 2.20 bits per heavy atom. The quantitative estimate of drug-likeness (QED) is 0.650. The Balaban J connectivity index is 3.29. The minimum absolute atomic E-state index is 0.112. The number of carbonyl (C=O) groups is 1. The Labute approximate surface area is 95.9 Å². The van der Waals surface area contributed by atoms with Crippen molar-refractivity contribution in [3.63, 3.8) is 0 Å². The van der Waals surface area contributed by atoms with Gasteiger partial charge in [-0.15, -0.1) is 0 Å². The van der Waals surface area contributed by atoms with Crippen molar-refractivity contribution in [3.05, 3.63) is 27.5 Å². The normalized spacial score (nSPS) is 10.1. The van der Waals surface area contributed by atoms with Gasteiger partial charge in [0.05, 0.1) is 27.9 Å². The fourth-order valence-electron chi connectivity index (χ4n) is 0.996. The van der Waals surface area contributed by atoms with Gasteiger partial charge in [0.2, 0.25) is 0 Å². The third-order valence-corrected chi connectivity index (χ3v) is 2.38. The largest absolute Gasteiger partial charge is 0.462 e. The van der Waals surface area contributed by atoms with E-state index in [1.54, 1.807) is 6.92 Å². The highest BCUT2D eigenvalue weighted by molar-refractivity contribution is 6.40. The standard InChI is InChI=1S/C9H8Cl2FNO2/c1-2-15-9(14)6-4(10)3-5(12)8(13)7(6)11/h3H,2,13H2,1H3. The van der Waals surface area contributed by atoms with Gasteiger partial charge >= 0.3 is 5.97 Å². The highest BCUT2D eigenvalue weighted by Gasteiger charge is 2.20. The highest BCUT2D eigenvalue weighted by atomic mass is 35.5. The van der Waals surface area contributed by atoms with E-state index in [1.165, 1.54) is 0 Å². The Morgan fingerprint density at radius 1 is 1.60 bits per heavy atom. The molecule has 82 valence electrons. The predicted molar refractivity (Wildman–Crippen MR) is 56.8 cm³/mol. The predicted octanol–water partition coefficient (Wildman–Crippen LogP) is 2.89. The van der Waals surface area contributed by atoms with Crippen LogP contribution in [-0.4, -0.2) is 12.6 Å². The minimum atomic E-state index is -0.766. The molecule has 0 aliphatic carbocycles. The number of hydrogen-bond acceptors (Lipinski definition) is 3. The molecular weight excluding hydrogens is 244 g/mol. The first-order chi connectivity index (χ1) is 6.99. The third kappa shape index (κ3) is 2.33. The second-order valence-electron chi connectivity index (χ2n) is 2.66. The van der Waals surface area contributed by atoms with Crippen LogP contribution in [0.15, 0.2) is 6.07 Å². The zero-order chi connectivity index (χ0) is 11.6. The van der Waals surface area contributed by atoms with E-state index >= 15 is 0 Å². The van der Waals surface area contributed by atoms with Crippen molar-refractivity contribution in [1.29, 1.82) is 0 Å². The summed E-state index contributed by atoms with van der Waals surface area (Å²) in [6.07, 6.45) is 0. The summed E-state index contributed by atoms with van der Waals surface area (Å²) in [5.74, 6) is -1.49. The van der Waals surface area contributed by atoms with Crippen molar-refractivity contribution in [3.8, 4) is 0 Å². The molecule has 6 heteroatoms. The number of ether oxygens (including phenoxy) is 1. The van der Waals surface area contributed by atoms with Crippen molar-refractivity contribution >= 4 is 34.9 Å². The molecule has 0 unspecified atom stereocenters. The van der Waals surface area contributed by atoms with Crippen LogP contribution in [0.1, 0.15) is 17.3 Å². The molecule has 0 fully saturated rings. The zero-order valence-corrected chi connectivity index (χ0v) is 9.32. The summed E-state index contributed by atoms with van der Waals surface area (Å²) < 4.78 is 17.7. The number of halogens is 3. The lowest BCUT2D eigenvalue weighted by Crippen LogP contribution is -2.08. The Kier molecular flexibility index (Phi) is 3.77. The molecule has 0 aromatic heterocycles. The number of anilines is 1. The summed E-state index contributed by atoms with van der Waals surface area (Å²) >= 11 is 11.3. The molecule has 0 bridgehead atoms. The van der Waals surface area contributed by atoms with Crippen LogP contribution in [0, 0.1) is 5.82 Å². The first kappa shape index (κ1) is 12.1. The number of nitrogens with two attached hydrogens (primary N) is 1. The second-order valence-corrected chi connectivity index (χ2v) is 3.45. The second kappa shape index (κ2) is 4.68. The lowest BCUT2D eigenvalue weighted by molar-refractivity contribution is 0.0527. The molecule has 0 spiro atoms. The van der Waals surface area contributed by atoms with Crippen molar-refractivity contribution in [2.75, 3.05) is 12.3 Å². The van der Waals surface area contributed by atoms with Crippen LogP contribution >= 0.6 is 23.2 Å². The summed E-state index contributed by atoms with van der Waals surface area (Å²) in [5, 5.41) is -0.344. The van der Waals surface area contributed by atoms with Crippen molar-refractivity contribution in [1.82, 2.24) is 0 Å². The van der Waals surface area contributed by atoms with E-state index in [-0.39, 0.29) is 27.9 Å². The van der Waals surface area contributed by atoms with Crippen LogP contribution in [0.3, 0.4) is 0 Å². The van der Waals surface area contributed by atoms with E-state index in [4.69, 9.17) is 33.7 Å². The van der Waals surface area contributed by atoms with Gasteiger partial charge < -0.3 is 10.5 Å². The monoisotopic (exact) mass is 251 g/mol. The van der Waals surface area contributed by atoms with Gasteiger partial charge in [0.1, 0.15) is 5.82 Å². The van der Waals surface area contributed by atoms with Gasteiger partial charge in [-0.1, -0.05) is 23.2 Å². The average Bonchev–Trinajstić information content (AvgIpc) is 2.15. The van der Waals surface area contributed by atoms with Crippen LogP contribution < -0.4 is 5.73 Å². The first-order valence-electron chi connectivity index (χ1n) is 4.09. The Bertz CT molecular complexity index is 410. The molecule has 0 atom stereocenters. The highest BCUT2D eigenvalue weighted by Crippen LogP contribution is 2.32. The molecule has 0 aliphatic rings. The molecule has 1 aromatic rings. The molecule has 0 saturated heterocycles. The van der Waals surface area contributed by atoms with Gasteiger partial charge in [0, 0.05) is 0 Å². The summed E-state index contributed by atoms with van der Waals surface area (Å²) in [6, 6.07) is 0.926. The molecule has 1 aromatic carbocycles. The number of carbonyl (C=O) groups excluding carboxylic acids is 1. The van der Waals surface area contributed by atoms with E-state index in [0.717, 1.165) is 6.07 Å². The van der Waals surface area contributed by atoms with E-state index in [0.29, 0.717) is 0 Å². The smallest absolute Gasteiger partial charge is 0.341 e. The molecular formula is C9H8Cl2FNO2. The molecule has 0 amide bonds.